The van der Waals surface area contributed by atoms with Gasteiger partial charge in [-0.05, 0) is 26.0 Å². The first kappa shape index (κ1) is 15.9. The van der Waals surface area contributed by atoms with Crippen molar-refractivity contribution >= 4 is 41.5 Å². The fourth-order valence-corrected chi connectivity index (χ4v) is 2.69. The van der Waals surface area contributed by atoms with Crippen molar-refractivity contribution in [1.29, 1.82) is 0 Å². The molecule has 1 heterocycles. The summed E-state index contributed by atoms with van der Waals surface area (Å²) >= 11 is 6.91. The predicted molar refractivity (Wildman–Crippen MR) is 79.2 cm³/mol. The molecule has 9 heteroatoms. The number of hydrogen-bond donors (Lipinski definition) is 0. The quantitative estimate of drug-likeness (QED) is 0.773. The Morgan fingerprint density at radius 1 is 1.10 bits per heavy atom. The molecule has 0 spiro atoms. The van der Waals surface area contributed by atoms with Gasteiger partial charge in [-0.25, -0.2) is 13.9 Å². The van der Waals surface area contributed by atoms with Gasteiger partial charge in [-0.15, -0.1) is 9.53 Å². The number of imide groups is 1. The lowest BCUT2D eigenvalue weighted by atomic mass is 10.3. The predicted octanol–water partition coefficient (Wildman–Crippen LogP) is 3.47. The first-order chi connectivity index (χ1) is 10.1. The van der Waals surface area contributed by atoms with Crippen LogP contribution in [0.4, 0.5) is 15.3 Å². The highest BCUT2D eigenvalue weighted by atomic mass is 35.5. The molecule has 2 rings (SSSR count). The van der Waals surface area contributed by atoms with E-state index in [0.29, 0.717) is 15.8 Å². The maximum atomic E-state index is 12.4. The van der Waals surface area contributed by atoms with Crippen LogP contribution in [0, 0.1) is 0 Å². The van der Waals surface area contributed by atoms with Crippen molar-refractivity contribution in [2.24, 2.45) is 0 Å². The van der Waals surface area contributed by atoms with Gasteiger partial charge in [0.15, 0.2) is 0 Å². The van der Waals surface area contributed by atoms with Crippen LogP contribution in [0.15, 0.2) is 24.3 Å². The second kappa shape index (κ2) is 6.99. The minimum atomic E-state index is -0.697. The molecule has 0 radical (unpaired) electrons. The van der Waals surface area contributed by atoms with E-state index in [1.54, 1.807) is 38.1 Å². The van der Waals surface area contributed by atoms with E-state index in [-0.39, 0.29) is 13.2 Å². The highest BCUT2D eigenvalue weighted by molar-refractivity contribution is 7.99. The average molecular weight is 332 g/mol. The van der Waals surface area contributed by atoms with E-state index in [2.05, 4.69) is 0 Å². The molecule has 1 aliphatic heterocycles. The molecule has 21 heavy (non-hydrogen) atoms. The Bertz CT molecular complexity index is 545. The van der Waals surface area contributed by atoms with Gasteiger partial charge in [0.2, 0.25) is 0 Å². The van der Waals surface area contributed by atoms with Gasteiger partial charge in [0.25, 0.3) is 0 Å². The topological polar surface area (TPSA) is 62.3 Å². The zero-order valence-corrected chi connectivity index (χ0v) is 13.1. The molecule has 4 amide bonds. The Morgan fingerprint density at radius 2 is 1.76 bits per heavy atom. The third-order valence-electron chi connectivity index (χ3n) is 2.41. The minimum absolute atomic E-state index is 0.165. The van der Waals surface area contributed by atoms with Gasteiger partial charge in [0, 0.05) is 0 Å². The zero-order chi connectivity index (χ0) is 15.4. The van der Waals surface area contributed by atoms with Crippen molar-refractivity contribution in [3.63, 3.8) is 0 Å². The second-order valence-electron chi connectivity index (χ2n) is 3.78. The molecule has 7 nitrogen and oxygen atoms in total. The Morgan fingerprint density at radius 3 is 2.38 bits per heavy atom. The SMILES string of the molecule is CCON1SN(c2ccccc2Cl)C(=O)N(OCC)C1=O. The van der Waals surface area contributed by atoms with Crippen LogP contribution in [-0.4, -0.2) is 34.8 Å². The third-order valence-corrected chi connectivity index (χ3v) is 3.65. The van der Waals surface area contributed by atoms with Crippen LogP contribution in [0.1, 0.15) is 13.8 Å². The summed E-state index contributed by atoms with van der Waals surface area (Å²) in [5.41, 5.74) is 0.441. The Labute approximate surface area is 131 Å². The second-order valence-corrected chi connectivity index (χ2v) is 5.05. The van der Waals surface area contributed by atoms with Gasteiger partial charge in [0.05, 0.1) is 23.9 Å². The molecule has 1 aromatic carbocycles. The van der Waals surface area contributed by atoms with Gasteiger partial charge in [-0.3, -0.25) is 9.68 Å². The van der Waals surface area contributed by atoms with Gasteiger partial charge >= 0.3 is 12.1 Å². The first-order valence-corrected chi connectivity index (χ1v) is 7.37. The highest BCUT2D eigenvalue weighted by Gasteiger charge is 2.42. The largest absolute Gasteiger partial charge is 0.389 e. The highest BCUT2D eigenvalue weighted by Crippen LogP contribution is 2.36. The molecule has 0 bridgehead atoms. The monoisotopic (exact) mass is 331 g/mol. The number of amides is 4. The summed E-state index contributed by atoms with van der Waals surface area (Å²) in [6.07, 6.45) is 0. The number of benzene rings is 1. The van der Waals surface area contributed by atoms with Crippen molar-refractivity contribution in [2.75, 3.05) is 17.5 Å². The summed E-state index contributed by atoms with van der Waals surface area (Å²) in [6.45, 7) is 3.84. The van der Waals surface area contributed by atoms with Crippen LogP contribution in [0.5, 0.6) is 0 Å². The molecule has 1 aliphatic rings. The van der Waals surface area contributed by atoms with Gasteiger partial charge < -0.3 is 0 Å². The molecule has 1 fully saturated rings. The molecule has 1 aromatic rings. The fourth-order valence-electron chi connectivity index (χ4n) is 1.58. The normalized spacial score (nSPS) is 15.9. The van der Waals surface area contributed by atoms with Crippen LogP contribution < -0.4 is 4.31 Å². The molecule has 114 valence electrons. The van der Waals surface area contributed by atoms with E-state index in [4.69, 9.17) is 21.3 Å². The van der Waals surface area contributed by atoms with E-state index in [9.17, 15) is 9.59 Å². The number of urea groups is 2. The van der Waals surface area contributed by atoms with Crippen LogP contribution in [0.3, 0.4) is 0 Å². The Balaban J connectivity index is 2.34. The number of halogens is 1. The third kappa shape index (κ3) is 3.24. The lowest BCUT2D eigenvalue weighted by molar-refractivity contribution is -0.117. The molecule has 0 aliphatic carbocycles. The average Bonchev–Trinajstić information content (AvgIpc) is 2.47. The number of para-hydroxylation sites is 1. The van der Waals surface area contributed by atoms with Crippen LogP contribution >= 0.6 is 23.7 Å². The van der Waals surface area contributed by atoms with Crippen molar-refractivity contribution < 1.29 is 19.3 Å². The van der Waals surface area contributed by atoms with Crippen molar-refractivity contribution in [3.8, 4) is 0 Å². The van der Waals surface area contributed by atoms with E-state index < -0.39 is 12.1 Å². The standard InChI is InChI=1S/C12H14ClN3O4S/c1-3-19-14-11(17)15(10-8-6-5-7-9(10)13)21-16(12(14)18)20-4-2/h5-8H,3-4H2,1-2H3. The number of carbonyl (C=O) groups excluding carboxylic acids is 2. The molecular formula is C12H14ClN3O4S. The number of hydrogen-bond acceptors (Lipinski definition) is 5. The molecule has 1 saturated heterocycles. The summed E-state index contributed by atoms with van der Waals surface area (Å²) in [5, 5.41) is 1.02. The number of anilines is 1. The summed E-state index contributed by atoms with van der Waals surface area (Å²) in [6, 6.07) is 5.46. The molecule has 0 atom stereocenters. The molecule has 0 saturated carbocycles. The maximum absolute atomic E-state index is 12.4. The molecule has 0 aromatic heterocycles. The van der Waals surface area contributed by atoms with Gasteiger partial charge in [-0.2, -0.15) is 0 Å². The van der Waals surface area contributed by atoms with Crippen molar-refractivity contribution in [3.05, 3.63) is 29.3 Å². The molecule has 0 unspecified atom stereocenters. The fraction of sp³-hybridized carbons (Fsp3) is 0.333. The van der Waals surface area contributed by atoms with Crippen LogP contribution in [0.2, 0.25) is 5.02 Å². The van der Waals surface area contributed by atoms with Gasteiger partial charge in [-0.1, -0.05) is 23.7 Å². The molecule has 0 N–H and O–H groups in total. The lowest BCUT2D eigenvalue weighted by Gasteiger charge is -2.36. The van der Waals surface area contributed by atoms with Crippen molar-refractivity contribution in [1.82, 2.24) is 9.53 Å². The van der Waals surface area contributed by atoms with Crippen molar-refractivity contribution in [2.45, 2.75) is 13.8 Å². The summed E-state index contributed by atoms with van der Waals surface area (Å²) in [7, 11) is 0. The Hall–Kier alpha value is -1.48. The smallest absolute Gasteiger partial charge is 0.261 e. The van der Waals surface area contributed by atoms with Crippen LogP contribution in [0.25, 0.3) is 0 Å². The van der Waals surface area contributed by atoms with E-state index >= 15 is 0 Å². The summed E-state index contributed by atoms with van der Waals surface area (Å²) in [5.74, 6) is 0. The van der Waals surface area contributed by atoms with E-state index in [1.165, 1.54) is 4.31 Å². The zero-order valence-electron chi connectivity index (χ0n) is 11.5. The van der Waals surface area contributed by atoms with E-state index in [0.717, 1.165) is 16.6 Å². The summed E-state index contributed by atoms with van der Waals surface area (Å²) < 4.78 is 2.20. The number of carbonyl (C=O) groups is 2. The lowest BCUT2D eigenvalue weighted by Crippen LogP contribution is -2.54. The first-order valence-electron chi connectivity index (χ1n) is 6.26. The number of hydroxylamine groups is 3. The number of nitrogens with zero attached hydrogens (tertiary/aromatic N) is 3. The van der Waals surface area contributed by atoms with E-state index in [1.807, 2.05) is 0 Å². The molecular weight excluding hydrogens is 318 g/mol. The van der Waals surface area contributed by atoms with Crippen LogP contribution in [-0.2, 0) is 9.68 Å². The maximum Gasteiger partial charge on any atom is 0.389 e. The number of rotatable bonds is 5. The minimum Gasteiger partial charge on any atom is -0.261 e. The summed E-state index contributed by atoms with van der Waals surface area (Å²) in [4.78, 5) is 34.7. The Kier molecular flexibility index (Phi) is 5.29. The van der Waals surface area contributed by atoms with Gasteiger partial charge in [0.1, 0.15) is 12.1 Å².